The molecule has 0 spiro atoms. The Kier molecular flexibility index (Phi) is 4.57. The van der Waals surface area contributed by atoms with E-state index in [1.165, 1.54) is 6.92 Å². The van der Waals surface area contributed by atoms with Gasteiger partial charge >= 0.3 is 0 Å². The van der Waals surface area contributed by atoms with Gasteiger partial charge in [-0.3, -0.25) is 9.59 Å². The minimum absolute atomic E-state index is 0.331. The maximum atomic E-state index is 13.6. The Morgan fingerprint density at radius 1 is 0.929 bits per heavy atom. The van der Waals surface area contributed by atoms with Crippen molar-refractivity contribution in [2.24, 2.45) is 0 Å². The number of ether oxygens (including phenoxy) is 1. The number of hydrogen-bond donors (Lipinski definition) is 1. The van der Waals surface area contributed by atoms with Crippen molar-refractivity contribution < 1.29 is 14.3 Å². The maximum absolute atomic E-state index is 13.6. The first-order valence-electron chi connectivity index (χ1n) is 9.08. The van der Waals surface area contributed by atoms with E-state index in [0.717, 1.165) is 5.56 Å². The van der Waals surface area contributed by atoms with Crippen molar-refractivity contribution in [3.63, 3.8) is 0 Å². The van der Waals surface area contributed by atoms with Crippen molar-refractivity contribution in [2.75, 3.05) is 10.2 Å². The molecule has 1 atom stereocenters. The average Bonchev–Trinajstić information content (AvgIpc) is 2.74. The first-order valence-corrected chi connectivity index (χ1v) is 9.08. The minimum atomic E-state index is -1.67. The van der Waals surface area contributed by atoms with Crippen molar-refractivity contribution in [3.8, 4) is 5.75 Å². The molecule has 1 aliphatic rings. The van der Waals surface area contributed by atoms with E-state index < -0.39 is 17.4 Å². The number of hydrogen-bond acceptors (Lipinski definition) is 3. The van der Waals surface area contributed by atoms with E-state index in [4.69, 9.17) is 4.74 Å². The lowest BCUT2D eigenvalue weighted by Crippen LogP contribution is -2.59. The topological polar surface area (TPSA) is 58.6 Å². The van der Waals surface area contributed by atoms with Crippen LogP contribution < -0.4 is 15.0 Å². The molecule has 5 heteroatoms. The summed E-state index contributed by atoms with van der Waals surface area (Å²) in [5.74, 6) is -0.426. The molecule has 0 bridgehead atoms. The zero-order valence-corrected chi connectivity index (χ0v) is 15.5. The van der Waals surface area contributed by atoms with E-state index in [-0.39, 0.29) is 0 Å². The van der Waals surface area contributed by atoms with Gasteiger partial charge in [0.25, 0.3) is 17.4 Å². The average molecular weight is 372 g/mol. The third-order valence-corrected chi connectivity index (χ3v) is 4.79. The van der Waals surface area contributed by atoms with Crippen LogP contribution in [-0.4, -0.2) is 17.4 Å². The summed E-state index contributed by atoms with van der Waals surface area (Å²) in [4.78, 5) is 28.0. The lowest BCUT2D eigenvalue weighted by molar-refractivity contribution is -0.145. The number of carbonyl (C=O) groups is 2. The molecule has 2 amide bonds. The largest absolute Gasteiger partial charge is 0.465 e. The van der Waals surface area contributed by atoms with Crippen molar-refractivity contribution in [1.82, 2.24) is 0 Å². The van der Waals surface area contributed by atoms with E-state index in [1.807, 2.05) is 60.7 Å². The molecule has 1 heterocycles. The number of rotatable bonds is 4. The molecule has 1 unspecified atom stereocenters. The summed E-state index contributed by atoms with van der Waals surface area (Å²) in [6.07, 6.45) is 0. The smallest absolute Gasteiger partial charge is 0.281 e. The highest BCUT2D eigenvalue weighted by Gasteiger charge is 2.49. The van der Waals surface area contributed by atoms with Crippen molar-refractivity contribution >= 4 is 23.2 Å². The summed E-state index contributed by atoms with van der Waals surface area (Å²) in [6, 6.07) is 26.1. The zero-order chi connectivity index (χ0) is 19.6. The molecule has 1 N–H and O–H groups in total. The van der Waals surface area contributed by atoms with Gasteiger partial charge in [-0.1, -0.05) is 60.7 Å². The Bertz CT molecular complexity index is 1000. The van der Waals surface area contributed by atoms with E-state index in [9.17, 15) is 9.59 Å². The SMILES string of the molecule is CC1(C(=O)N(Cc2ccccc2)c2ccccc2)Oc2ccccc2NC1=O. The summed E-state index contributed by atoms with van der Waals surface area (Å²) in [7, 11) is 0. The quantitative estimate of drug-likeness (QED) is 0.704. The lowest BCUT2D eigenvalue weighted by atomic mass is 9.99. The van der Waals surface area contributed by atoms with Crippen LogP contribution in [-0.2, 0) is 16.1 Å². The molecule has 4 rings (SSSR count). The molecule has 0 saturated carbocycles. The van der Waals surface area contributed by atoms with Gasteiger partial charge in [0.05, 0.1) is 12.2 Å². The number of amides is 2. The van der Waals surface area contributed by atoms with Crippen LogP contribution in [0.1, 0.15) is 12.5 Å². The van der Waals surface area contributed by atoms with Crippen molar-refractivity contribution in [1.29, 1.82) is 0 Å². The number of fused-ring (bicyclic) bond motifs is 1. The predicted molar refractivity (Wildman–Crippen MR) is 108 cm³/mol. The Labute approximate surface area is 163 Å². The van der Waals surface area contributed by atoms with Gasteiger partial charge < -0.3 is 15.0 Å². The van der Waals surface area contributed by atoms with Crippen molar-refractivity contribution in [3.05, 3.63) is 90.5 Å². The third-order valence-electron chi connectivity index (χ3n) is 4.79. The van der Waals surface area contributed by atoms with Gasteiger partial charge in [-0.05, 0) is 36.8 Å². The minimum Gasteiger partial charge on any atom is -0.465 e. The van der Waals surface area contributed by atoms with Crippen LogP contribution in [0.25, 0.3) is 0 Å². The Morgan fingerprint density at radius 2 is 1.54 bits per heavy atom. The zero-order valence-electron chi connectivity index (χ0n) is 15.5. The second-order valence-electron chi connectivity index (χ2n) is 6.80. The number of benzene rings is 3. The molecule has 140 valence electrons. The highest BCUT2D eigenvalue weighted by Crippen LogP contribution is 2.35. The van der Waals surface area contributed by atoms with E-state index in [2.05, 4.69) is 5.32 Å². The fraction of sp³-hybridized carbons (Fsp3) is 0.130. The monoisotopic (exact) mass is 372 g/mol. The van der Waals surface area contributed by atoms with Gasteiger partial charge in [-0.15, -0.1) is 0 Å². The number of nitrogens with zero attached hydrogens (tertiary/aromatic N) is 1. The summed E-state index contributed by atoms with van der Waals surface area (Å²) < 4.78 is 5.93. The molecule has 3 aromatic carbocycles. The number of para-hydroxylation sites is 3. The highest BCUT2D eigenvalue weighted by molar-refractivity contribution is 6.19. The summed E-state index contributed by atoms with van der Waals surface area (Å²) >= 11 is 0. The lowest BCUT2D eigenvalue weighted by Gasteiger charge is -2.37. The van der Waals surface area contributed by atoms with Crippen LogP contribution in [0, 0.1) is 0 Å². The van der Waals surface area contributed by atoms with E-state index in [1.54, 1.807) is 29.2 Å². The summed E-state index contributed by atoms with van der Waals surface area (Å²) in [6.45, 7) is 1.85. The highest BCUT2D eigenvalue weighted by atomic mass is 16.5. The molecule has 0 aliphatic carbocycles. The standard InChI is InChI=1S/C23H20N2O3/c1-23(21(26)24-19-14-8-9-15-20(19)28-23)22(27)25(18-12-6-3-7-13-18)16-17-10-4-2-5-11-17/h2-15H,16H2,1H3,(H,24,26). The van der Waals surface area contributed by atoms with Crippen LogP contribution >= 0.6 is 0 Å². The van der Waals surface area contributed by atoms with Gasteiger partial charge in [0.2, 0.25) is 0 Å². The van der Waals surface area contributed by atoms with Crippen LogP contribution in [0.2, 0.25) is 0 Å². The van der Waals surface area contributed by atoms with Gasteiger partial charge in [0, 0.05) is 5.69 Å². The normalized spacial score (nSPS) is 17.8. The number of nitrogens with one attached hydrogen (secondary N) is 1. The molecule has 0 saturated heterocycles. The molecule has 28 heavy (non-hydrogen) atoms. The second-order valence-corrected chi connectivity index (χ2v) is 6.80. The maximum Gasteiger partial charge on any atom is 0.281 e. The molecular weight excluding hydrogens is 352 g/mol. The Hall–Kier alpha value is -3.60. The first kappa shape index (κ1) is 17.8. The van der Waals surface area contributed by atoms with Crippen LogP contribution in [0.5, 0.6) is 5.75 Å². The van der Waals surface area contributed by atoms with Gasteiger partial charge in [-0.2, -0.15) is 0 Å². The summed E-state index contributed by atoms with van der Waals surface area (Å²) in [5.41, 5.74) is 0.554. The van der Waals surface area contributed by atoms with Crippen LogP contribution in [0.3, 0.4) is 0 Å². The Balaban J connectivity index is 1.72. The predicted octanol–water partition coefficient (Wildman–Crippen LogP) is 4.01. The van der Waals surface area contributed by atoms with Gasteiger partial charge in [0.15, 0.2) is 0 Å². The molecule has 3 aromatic rings. The van der Waals surface area contributed by atoms with Crippen LogP contribution in [0.15, 0.2) is 84.9 Å². The van der Waals surface area contributed by atoms with Crippen molar-refractivity contribution in [2.45, 2.75) is 19.1 Å². The van der Waals surface area contributed by atoms with E-state index in [0.29, 0.717) is 23.7 Å². The number of carbonyl (C=O) groups excluding carboxylic acids is 2. The number of anilines is 2. The van der Waals surface area contributed by atoms with E-state index >= 15 is 0 Å². The van der Waals surface area contributed by atoms with Gasteiger partial charge in [-0.25, -0.2) is 0 Å². The molecule has 0 radical (unpaired) electrons. The second kappa shape index (κ2) is 7.19. The molecule has 1 aliphatic heterocycles. The molecular formula is C23H20N2O3. The van der Waals surface area contributed by atoms with Gasteiger partial charge in [0.1, 0.15) is 5.75 Å². The third kappa shape index (κ3) is 3.22. The summed E-state index contributed by atoms with van der Waals surface area (Å²) in [5, 5.41) is 2.79. The van der Waals surface area contributed by atoms with Crippen LogP contribution in [0.4, 0.5) is 11.4 Å². The fourth-order valence-electron chi connectivity index (χ4n) is 3.22. The molecule has 0 fully saturated rings. The fourth-order valence-corrected chi connectivity index (χ4v) is 3.22. The first-order chi connectivity index (χ1) is 13.6. The Morgan fingerprint density at radius 3 is 2.25 bits per heavy atom. The molecule has 0 aromatic heterocycles. The molecule has 5 nitrogen and oxygen atoms in total.